The highest BCUT2D eigenvalue weighted by molar-refractivity contribution is 7.09. The number of nitrogens with zero attached hydrogens (tertiary/aromatic N) is 1. The summed E-state index contributed by atoms with van der Waals surface area (Å²) in [5.41, 5.74) is 0.0795. The summed E-state index contributed by atoms with van der Waals surface area (Å²) >= 11 is 1.54. The van der Waals surface area contributed by atoms with E-state index in [1.54, 1.807) is 11.3 Å². The van der Waals surface area contributed by atoms with Crippen molar-refractivity contribution in [2.75, 3.05) is 19.8 Å². The molecule has 9 nitrogen and oxygen atoms in total. The summed E-state index contributed by atoms with van der Waals surface area (Å²) in [4.78, 5) is 37.6. The zero-order valence-corrected chi connectivity index (χ0v) is 21.5. The Morgan fingerprint density at radius 1 is 0.944 bits per heavy atom. The lowest BCUT2D eigenvalue weighted by atomic mass is 10.1. The van der Waals surface area contributed by atoms with E-state index in [9.17, 15) is 19.6 Å². The number of benzene rings is 1. The standard InChI is InChI=1S/C26H29NO8S/c1-17(2)15-32-25(29)34-22-8-7-19(13-23(22)35-26(30)33-16-18(3)4)12-20(14-27)24(28)31-10-9-21-6-5-11-36-21/h5-8,11-13,17-18H,9-10,15-16H2,1-4H3/b20-12+. The molecule has 1 heterocycles. The van der Waals surface area contributed by atoms with Gasteiger partial charge in [-0.1, -0.05) is 39.8 Å². The third kappa shape index (κ3) is 10.2. The molecule has 10 heteroatoms. The molecule has 0 amide bonds. The average Bonchev–Trinajstić information content (AvgIpc) is 3.35. The van der Waals surface area contributed by atoms with E-state index in [1.165, 1.54) is 24.3 Å². The SMILES string of the molecule is CC(C)COC(=O)Oc1ccc(/C=C(\C#N)C(=O)OCCc2cccs2)cc1OC(=O)OCC(C)C. The molecule has 36 heavy (non-hydrogen) atoms. The highest BCUT2D eigenvalue weighted by Gasteiger charge is 2.18. The van der Waals surface area contributed by atoms with E-state index in [-0.39, 0.29) is 48.7 Å². The van der Waals surface area contributed by atoms with Crippen molar-refractivity contribution in [3.63, 3.8) is 0 Å². The first-order valence-electron chi connectivity index (χ1n) is 11.3. The molecule has 0 fully saturated rings. The van der Waals surface area contributed by atoms with E-state index in [4.69, 9.17) is 23.7 Å². The maximum absolute atomic E-state index is 12.4. The lowest BCUT2D eigenvalue weighted by Crippen LogP contribution is -2.17. The summed E-state index contributed by atoms with van der Waals surface area (Å²) < 4.78 is 25.6. The Morgan fingerprint density at radius 2 is 1.58 bits per heavy atom. The molecular formula is C26H29NO8S. The summed E-state index contributed by atoms with van der Waals surface area (Å²) in [5, 5.41) is 11.4. The van der Waals surface area contributed by atoms with Crippen LogP contribution in [0.25, 0.3) is 6.08 Å². The number of nitriles is 1. The number of hydrogen-bond acceptors (Lipinski definition) is 10. The summed E-state index contributed by atoms with van der Waals surface area (Å²) in [5.74, 6) is -0.855. The van der Waals surface area contributed by atoms with E-state index in [1.807, 2.05) is 51.3 Å². The van der Waals surface area contributed by atoms with Gasteiger partial charge in [0.15, 0.2) is 11.5 Å². The summed E-state index contributed by atoms with van der Waals surface area (Å²) in [7, 11) is 0. The van der Waals surface area contributed by atoms with Gasteiger partial charge < -0.3 is 23.7 Å². The van der Waals surface area contributed by atoms with Crippen LogP contribution < -0.4 is 9.47 Å². The quantitative estimate of drug-likeness (QED) is 0.120. The number of ether oxygens (including phenoxy) is 5. The number of rotatable bonds is 11. The Balaban J connectivity index is 2.18. The minimum Gasteiger partial charge on any atom is -0.461 e. The van der Waals surface area contributed by atoms with Crippen LogP contribution >= 0.6 is 11.3 Å². The number of carbonyl (C=O) groups is 3. The third-order valence-electron chi connectivity index (χ3n) is 4.24. The molecular weight excluding hydrogens is 486 g/mol. The van der Waals surface area contributed by atoms with Crippen LogP contribution in [-0.2, 0) is 25.4 Å². The second-order valence-corrected chi connectivity index (χ2v) is 9.49. The van der Waals surface area contributed by atoms with Gasteiger partial charge >= 0.3 is 18.3 Å². The van der Waals surface area contributed by atoms with E-state index in [2.05, 4.69) is 0 Å². The third-order valence-corrected chi connectivity index (χ3v) is 5.17. The summed E-state index contributed by atoms with van der Waals surface area (Å²) in [6.45, 7) is 7.86. The van der Waals surface area contributed by atoms with Crippen molar-refractivity contribution in [3.8, 4) is 17.6 Å². The van der Waals surface area contributed by atoms with Gasteiger partial charge in [0.25, 0.3) is 0 Å². The molecule has 0 aliphatic rings. The summed E-state index contributed by atoms with van der Waals surface area (Å²) in [6.07, 6.45) is -0.156. The molecule has 0 saturated heterocycles. The van der Waals surface area contributed by atoms with E-state index >= 15 is 0 Å². The van der Waals surface area contributed by atoms with Crippen LogP contribution in [0.3, 0.4) is 0 Å². The topological polar surface area (TPSA) is 121 Å². The van der Waals surface area contributed by atoms with Crippen LogP contribution in [0.5, 0.6) is 11.5 Å². The zero-order valence-electron chi connectivity index (χ0n) is 20.6. The van der Waals surface area contributed by atoms with Crippen molar-refractivity contribution < 1.29 is 38.1 Å². The van der Waals surface area contributed by atoms with E-state index in [0.29, 0.717) is 12.0 Å². The Bertz CT molecular complexity index is 1100. The van der Waals surface area contributed by atoms with Crippen molar-refractivity contribution in [1.82, 2.24) is 0 Å². The number of thiophene rings is 1. The fraction of sp³-hybridized carbons (Fsp3) is 0.385. The van der Waals surface area contributed by atoms with Crippen molar-refractivity contribution in [2.45, 2.75) is 34.1 Å². The Kier molecular flexibility index (Phi) is 11.5. The predicted octanol–water partition coefficient (Wildman–Crippen LogP) is 5.78. The minimum atomic E-state index is -1.00. The first-order valence-corrected chi connectivity index (χ1v) is 12.2. The normalized spacial score (nSPS) is 11.1. The fourth-order valence-electron chi connectivity index (χ4n) is 2.57. The lowest BCUT2D eigenvalue weighted by molar-refractivity contribution is -0.138. The second-order valence-electron chi connectivity index (χ2n) is 8.46. The summed E-state index contributed by atoms with van der Waals surface area (Å²) in [6, 6.07) is 9.80. The van der Waals surface area contributed by atoms with Crippen LogP contribution in [0.15, 0.2) is 41.3 Å². The largest absolute Gasteiger partial charge is 0.513 e. The molecule has 0 bridgehead atoms. The smallest absolute Gasteiger partial charge is 0.461 e. The van der Waals surface area contributed by atoms with Crippen LogP contribution in [0.4, 0.5) is 9.59 Å². The molecule has 2 rings (SSSR count). The van der Waals surface area contributed by atoms with Gasteiger partial charge in [0.1, 0.15) is 11.6 Å². The molecule has 192 valence electrons. The molecule has 0 N–H and O–H groups in total. The van der Waals surface area contributed by atoms with Crippen molar-refractivity contribution in [1.29, 1.82) is 5.26 Å². The lowest BCUT2D eigenvalue weighted by Gasteiger charge is -2.13. The molecule has 1 aromatic heterocycles. The average molecular weight is 516 g/mol. The van der Waals surface area contributed by atoms with Crippen molar-refractivity contribution >= 4 is 35.7 Å². The molecule has 0 aliphatic heterocycles. The highest BCUT2D eigenvalue weighted by Crippen LogP contribution is 2.30. The van der Waals surface area contributed by atoms with Crippen LogP contribution in [0.2, 0.25) is 0 Å². The van der Waals surface area contributed by atoms with Gasteiger partial charge in [0, 0.05) is 11.3 Å². The molecule has 0 radical (unpaired) electrons. The predicted molar refractivity (Wildman–Crippen MR) is 133 cm³/mol. The van der Waals surface area contributed by atoms with Crippen molar-refractivity contribution in [2.24, 2.45) is 11.8 Å². The maximum Gasteiger partial charge on any atom is 0.513 e. The van der Waals surface area contributed by atoms with E-state index in [0.717, 1.165) is 4.88 Å². The molecule has 0 unspecified atom stereocenters. The van der Waals surface area contributed by atoms with Gasteiger partial charge in [-0.3, -0.25) is 0 Å². The van der Waals surface area contributed by atoms with Crippen LogP contribution in [-0.4, -0.2) is 38.1 Å². The fourth-order valence-corrected chi connectivity index (χ4v) is 3.26. The van der Waals surface area contributed by atoms with Crippen LogP contribution in [0.1, 0.15) is 38.1 Å². The van der Waals surface area contributed by atoms with Gasteiger partial charge in [-0.05, 0) is 47.1 Å². The zero-order chi connectivity index (χ0) is 26.5. The number of carbonyl (C=O) groups excluding carboxylic acids is 3. The van der Waals surface area contributed by atoms with Crippen molar-refractivity contribution in [3.05, 3.63) is 51.7 Å². The van der Waals surface area contributed by atoms with Gasteiger partial charge in [-0.25, -0.2) is 14.4 Å². The first-order chi connectivity index (χ1) is 17.2. The number of hydrogen-bond donors (Lipinski definition) is 0. The van der Waals surface area contributed by atoms with E-state index < -0.39 is 18.3 Å². The molecule has 0 aliphatic carbocycles. The number of esters is 1. The van der Waals surface area contributed by atoms with Crippen LogP contribution in [0, 0.1) is 23.2 Å². The molecule has 0 spiro atoms. The van der Waals surface area contributed by atoms with Gasteiger partial charge in [-0.2, -0.15) is 5.26 Å². The van der Waals surface area contributed by atoms with Gasteiger partial charge in [0.05, 0.1) is 19.8 Å². The van der Waals surface area contributed by atoms with Gasteiger partial charge in [-0.15, -0.1) is 11.3 Å². The molecule has 1 aromatic carbocycles. The molecule has 0 saturated carbocycles. The maximum atomic E-state index is 12.4. The Hall–Kier alpha value is -3.84. The van der Waals surface area contributed by atoms with Gasteiger partial charge in [0.2, 0.25) is 0 Å². The first kappa shape index (κ1) is 28.4. The second kappa shape index (κ2) is 14.5. The molecule has 0 atom stereocenters. The Labute approximate surface area is 214 Å². The molecule has 2 aromatic rings. The minimum absolute atomic E-state index is 0.0811. The highest BCUT2D eigenvalue weighted by atomic mass is 32.1. The Morgan fingerprint density at radius 3 is 2.14 bits per heavy atom. The monoisotopic (exact) mass is 515 g/mol.